The van der Waals surface area contributed by atoms with Crippen molar-refractivity contribution in [2.24, 2.45) is 0 Å². The van der Waals surface area contributed by atoms with Crippen LogP contribution in [0.4, 0.5) is 5.13 Å². The Kier molecular flexibility index (Phi) is 5.08. The molecule has 0 aliphatic heterocycles. The largest absolute Gasteiger partial charge is 0.421 e. The van der Waals surface area contributed by atoms with Crippen molar-refractivity contribution in [2.75, 3.05) is 5.32 Å². The van der Waals surface area contributed by atoms with Gasteiger partial charge < -0.3 is 9.73 Å². The summed E-state index contributed by atoms with van der Waals surface area (Å²) in [5.41, 5.74) is 3.99. The van der Waals surface area contributed by atoms with Crippen molar-refractivity contribution in [3.05, 3.63) is 57.9 Å². The number of benzene rings is 1. The summed E-state index contributed by atoms with van der Waals surface area (Å²) in [6, 6.07) is 9.96. The molecular weight excluding hydrogens is 380 g/mol. The number of carbonyl (C=O) groups is 1. The summed E-state index contributed by atoms with van der Waals surface area (Å²) in [5, 5.41) is 17.3. The molecule has 0 saturated heterocycles. The van der Waals surface area contributed by atoms with E-state index in [0.717, 1.165) is 22.4 Å². The lowest BCUT2D eigenvalue weighted by molar-refractivity contribution is -0.116. The summed E-state index contributed by atoms with van der Waals surface area (Å²) >= 11 is 2.98. The maximum Gasteiger partial charge on any atom is 0.248 e. The summed E-state index contributed by atoms with van der Waals surface area (Å²) in [6.07, 6.45) is 0.642. The Balaban J connectivity index is 1.34. The van der Waals surface area contributed by atoms with E-state index in [4.69, 9.17) is 4.42 Å². The molecule has 0 bridgehead atoms. The molecule has 4 aromatic rings. The van der Waals surface area contributed by atoms with Crippen LogP contribution in [0.3, 0.4) is 0 Å². The van der Waals surface area contributed by atoms with Gasteiger partial charge in [0.15, 0.2) is 5.13 Å². The van der Waals surface area contributed by atoms with E-state index in [9.17, 15) is 4.79 Å². The Labute approximate surface area is 163 Å². The van der Waals surface area contributed by atoms with Gasteiger partial charge in [-0.3, -0.25) is 4.79 Å². The summed E-state index contributed by atoms with van der Waals surface area (Å²) in [7, 11) is 0. The lowest BCUT2D eigenvalue weighted by atomic mass is 10.1. The number of aryl methyl sites for hydroxylation is 2. The van der Waals surface area contributed by atoms with E-state index in [0.29, 0.717) is 23.3 Å². The third-order valence-corrected chi connectivity index (χ3v) is 5.41. The highest BCUT2D eigenvalue weighted by Crippen LogP contribution is 2.27. The predicted molar refractivity (Wildman–Crippen MR) is 107 cm³/mol. The summed E-state index contributed by atoms with van der Waals surface area (Å²) in [5.74, 6) is 0.802. The average molecular weight is 396 g/mol. The molecule has 1 aromatic carbocycles. The van der Waals surface area contributed by atoms with Crippen molar-refractivity contribution >= 4 is 33.7 Å². The van der Waals surface area contributed by atoms with E-state index in [1.807, 2.05) is 53.4 Å². The number of thiazole rings is 1. The Morgan fingerprint density at radius 3 is 2.89 bits per heavy atom. The van der Waals surface area contributed by atoms with Crippen LogP contribution in [0.1, 0.15) is 17.9 Å². The first-order chi connectivity index (χ1) is 13.2. The van der Waals surface area contributed by atoms with Crippen LogP contribution in [-0.4, -0.2) is 21.1 Å². The molecule has 4 rings (SSSR count). The van der Waals surface area contributed by atoms with Crippen LogP contribution >= 0.6 is 22.7 Å². The zero-order valence-corrected chi connectivity index (χ0v) is 16.1. The van der Waals surface area contributed by atoms with Crippen LogP contribution in [0.15, 0.2) is 50.9 Å². The van der Waals surface area contributed by atoms with Crippen LogP contribution in [0.25, 0.3) is 22.7 Å². The van der Waals surface area contributed by atoms with E-state index in [2.05, 4.69) is 20.5 Å². The molecule has 0 fully saturated rings. The minimum absolute atomic E-state index is 0.129. The monoisotopic (exact) mass is 396 g/mol. The molecule has 8 heteroatoms. The number of anilines is 1. The van der Waals surface area contributed by atoms with Crippen LogP contribution in [0, 0.1) is 6.92 Å². The molecule has 0 spiro atoms. The van der Waals surface area contributed by atoms with Gasteiger partial charge in [0.1, 0.15) is 0 Å². The Morgan fingerprint density at radius 2 is 2.07 bits per heavy atom. The second-order valence-corrected chi connectivity index (χ2v) is 7.55. The van der Waals surface area contributed by atoms with Gasteiger partial charge in [0, 0.05) is 34.7 Å². The quantitative estimate of drug-likeness (QED) is 0.506. The van der Waals surface area contributed by atoms with Gasteiger partial charge in [-0.1, -0.05) is 24.3 Å². The van der Waals surface area contributed by atoms with Crippen LogP contribution < -0.4 is 5.32 Å². The standard InChI is InChI=1S/C19H16N4O2S2/c1-12-4-2-3-5-14(12)15-11-27-19(20-15)21-16(24)6-7-17-22-23-18(25-17)13-8-9-26-10-13/h2-5,8-11H,6-7H2,1H3,(H,20,21,24). The third-order valence-electron chi connectivity index (χ3n) is 3.97. The fourth-order valence-corrected chi connectivity index (χ4v) is 3.93. The molecule has 3 aromatic heterocycles. The minimum atomic E-state index is -0.129. The van der Waals surface area contributed by atoms with Gasteiger partial charge in [-0.15, -0.1) is 21.5 Å². The van der Waals surface area contributed by atoms with Crippen LogP contribution in [-0.2, 0) is 11.2 Å². The highest BCUT2D eigenvalue weighted by atomic mass is 32.1. The number of nitrogens with zero attached hydrogens (tertiary/aromatic N) is 3. The van der Waals surface area contributed by atoms with Crippen molar-refractivity contribution in [1.82, 2.24) is 15.2 Å². The number of amides is 1. The van der Waals surface area contributed by atoms with Crippen LogP contribution in [0.5, 0.6) is 0 Å². The second-order valence-electron chi connectivity index (χ2n) is 5.91. The summed E-state index contributed by atoms with van der Waals surface area (Å²) in [6.45, 7) is 2.04. The molecule has 0 aliphatic carbocycles. The van der Waals surface area contributed by atoms with Gasteiger partial charge in [-0.2, -0.15) is 11.3 Å². The molecule has 0 atom stereocenters. The topological polar surface area (TPSA) is 80.9 Å². The first-order valence-corrected chi connectivity index (χ1v) is 10.2. The summed E-state index contributed by atoms with van der Waals surface area (Å²) < 4.78 is 5.60. The number of rotatable bonds is 6. The molecule has 3 heterocycles. The van der Waals surface area contributed by atoms with Crippen molar-refractivity contribution in [2.45, 2.75) is 19.8 Å². The normalized spacial score (nSPS) is 10.9. The van der Waals surface area contributed by atoms with Gasteiger partial charge in [0.2, 0.25) is 17.7 Å². The molecule has 136 valence electrons. The molecular formula is C19H16N4O2S2. The predicted octanol–water partition coefficient (Wildman–Crippen LogP) is 4.80. The zero-order valence-electron chi connectivity index (χ0n) is 14.5. The van der Waals surface area contributed by atoms with Gasteiger partial charge in [-0.05, 0) is 23.9 Å². The van der Waals surface area contributed by atoms with Gasteiger partial charge in [0.05, 0.1) is 5.69 Å². The van der Waals surface area contributed by atoms with E-state index < -0.39 is 0 Å². The number of nitrogens with one attached hydrogen (secondary N) is 1. The second kappa shape index (κ2) is 7.81. The molecule has 27 heavy (non-hydrogen) atoms. The number of carbonyl (C=O) groups excluding carboxylic acids is 1. The van der Waals surface area contributed by atoms with Crippen molar-refractivity contribution < 1.29 is 9.21 Å². The Morgan fingerprint density at radius 1 is 1.19 bits per heavy atom. The highest BCUT2D eigenvalue weighted by Gasteiger charge is 2.13. The van der Waals surface area contributed by atoms with E-state index in [1.54, 1.807) is 11.3 Å². The molecule has 0 radical (unpaired) electrons. The number of aromatic nitrogens is 3. The maximum absolute atomic E-state index is 12.2. The highest BCUT2D eigenvalue weighted by molar-refractivity contribution is 7.14. The number of hydrogen-bond acceptors (Lipinski definition) is 7. The fraction of sp³-hybridized carbons (Fsp3) is 0.158. The molecule has 0 aliphatic rings. The third kappa shape index (κ3) is 4.12. The van der Waals surface area contributed by atoms with Gasteiger partial charge in [-0.25, -0.2) is 4.98 Å². The van der Waals surface area contributed by atoms with E-state index in [1.165, 1.54) is 11.3 Å². The van der Waals surface area contributed by atoms with Crippen molar-refractivity contribution in [3.63, 3.8) is 0 Å². The fourth-order valence-electron chi connectivity index (χ4n) is 2.57. The van der Waals surface area contributed by atoms with Gasteiger partial charge >= 0.3 is 0 Å². The number of thiophene rings is 1. The smallest absolute Gasteiger partial charge is 0.248 e. The average Bonchev–Trinajstić information content (AvgIpc) is 3.41. The molecule has 0 unspecified atom stereocenters. The molecule has 1 N–H and O–H groups in total. The van der Waals surface area contributed by atoms with Gasteiger partial charge in [0.25, 0.3) is 0 Å². The first kappa shape index (κ1) is 17.6. The maximum atomic E-state index is 12.2. The SMILES string of the molecule is Cc1ccccc1-c1csc(NC(=O)CCc2nnc(-c3ccsc3)o2)n1. The van der Waals surface area contributed by atoms with Crippen molar-refractivity contribution in [1.29, 1.82) is 0 Å². The first-order valence-electron chi connectivity index (χ1n) is 8.35. The Hall–Kier alpha value is -2.84. The van der Waals surface area contributed by atoms with Crippen LogP contribution in [0.2, 0.25) is 0 Å². The molecule has 6 nitrogen and oxygen atoms in total. The number of hydrogen-bond donors (Lipinski definition) is 1. The summed E-state index contributed by atoms with van der Waals surface area (Å²) in [4.78, 5) is 16.7. The minimum Gasteiger partial charge on any atom is -0.421 e. The van der Waals surface area contributed by atoms with E-state index >= 15 is 0 Å². The lowest BCUT2D eigenvalue weighted by Crippen LogP contribution is -2.12. The molecule has 1 amide bonds. The van der Waals surface area contributed by atoms with Crippen molar-refractivity contribution in [3.8, 4) is 22.7 Å². The lowest BCUT2D eigenvalue weighted by Gasteiger charge is -2.01. The van der Waals surface area contributed by atoms with E-state index in [-0.39, 0.29) is 12.3 Å². The molecule has 0 saturated carbocycles. The zero-order chi connectivity index (χ0) is 18.6. The Bertz CT molecular complexity index is 1050.